The zero-order chi connectivity index (χ0) is 19.5. The molecule has 0 aliphatic carbocycles. The van der Waals surface area contributed by atoms with Crippen molar-refractivity contribution in [2.24, 2.45) is 0 Å². The molecule has 0 spiro atoms. The van der Waals surface area contributed by atoms with E-state index in [-0.39, 0.29) is 41.1 Å². The van der Waals surface area contributed by atoms with Gasteiger partial charge in [0.25, 0.3) is 0 Å². The third-order valence-corrected chi connectivity index (χ3v) is 4.95. The highest BCUT2D eigenvalue weighted by atomic mass is 19.1. The van der Waals surface area contributed by atoms with E-state index in [1.165, 1.54) is 12.3 Å². The Kier molecular flexibility index (Phi) is 3.52. The molecule has 5 rings (SSSR count). The van der Waals surface area contributed by atoms with E-state index in [0.29, 0.717) is 11.1 Å². The lowest BCUT2D eigenvalue weighted by atomic mass is 9.90. The molecule has 3 N–H and O–H groups in total. The van der Waals surface area contributed by atoms with E-state index < -0.39 is 23.0 Å². The molecule has 0 amide bonds. The summed E-state index contributed by atoms with van der Waals surface area (Å²) >= 11 is 0. The zero-order valence-corrected chi connectivity index (χ0v) is 14.3. The first-order chi connectivity index (χ1) is 13.5. The standard InChI is InChI=1S/C19H13F2N3O4/c20-12-5-13-15(11(6-22-13)17-23-18(25)28-24-17)16(21)14(12)9-1-3-10(4-2-9)19(26)7-27-8-19/h1-6,22,26H,7-8H2,(H,23,24,25). The van der Waals surface area contributed by atoms with Gasteiger partial charge in [-0.05, 0) is 17.2 Å². The maximum atomic E-state index is 15.3. The summed E-state index contributed by atoms with van der Waals surface area (Å²) in [6.45, 7) is 0.368. The molecule has 1 saturated heterocycles. The minimum absolute atomic E-state index is 0.0373. The molecule has 1 aliphatic rings. The summed E-state index contributed by atoms with van der Waals surface area (Å²) in [6.07, 6.45) is 1.42. The van der Waals surface area contributed by atoms with Gasteiger partial charge >= 0.3 is 5.76 Å². The fourth-order valence-electron chi connectivity index (χ4n) is 3.42. The van der Waals surface area contributed by atoms with Crippen LogP contribution < -0.4 is 5.76 Å². The van der Waals surface area contributed by atoms with Gasteiger partial charge in [0, 0.05) is 17.1 Å². The van der Waals surface area contributed by atoms with Crippen LogP contribution >= 0.6 is 0 Å². The van der Waals surface area contributed by atoms with Crippen LogP contribution in [0.1, 0.15) is 5.56 Å². The average molecular weight is 385 g/mol. The number of aromatic nitrogens is 3. The lowest BCUT2D eigenvalue weighted by Crippen LogP contribution is -2.46. The lowest BCUT2D eigenvalue weighted by molar-refractivity contribution is -0.184. The molecule has 0 atom stereocenters. The van der Waals surface area contributed by atoms with Gasteiger partial charge in [-0.15, -0.1) is 0 Å². The molecule has 0 saturated carbocycles. The molecule has 0 bridgehead atoms. The summed E-state index contributed by atoms with van der Waals surface area (Å²) < 4.78 is 39.5. The van der Waals surface area contributed by atoms with Crippen LogP contribution in [0.25, 0.3) is 33.4 Å². The van der Waals surface area contributed by atoms with Gasteiger partial charge < -0.3 is 14.8 Å². The van der Waals surface area contributed by atoms with Gasteiger partial charge in [-0.1, -0.05) is 29.4 Å². The van der Waals surface area contributed by atoms with Crippen molar-refractivity contribution in [3.8, 4) is 22.5 Å². The summed E-state index contributed by atoms with van der Waals surface area (Å²) in [5.74, 6) is -2.28. The quantitative estimate of drug-likeness (QED) is 0.503. The molecule has 4 aromatic rings. The number of benzene rings is 2. The normalized spacial score (nSPS) is 15.7. The van der Waals surface area contributed by atoms with Gasteiger partial charge in [-0.3, -0.25) is 9.51 Å². The zero-order valence-electron chi connectivity index (χ0n) is 14.3. The number of rotatable bonds is 3. The third kappa shape index (κ3) is 2.40. The molecule has 0 unspecified atom stereocenters. The molecular formula is C19H13F2N3O4. The Bertz CT molecular complexity index is 1250. The third-order valence-electron chi connectivity index (χ3n) is 4.95. The van der Waals surface area contributed by atoms with Crippen molar-refractivity contribution in [1.82, 2.24) is 15.1 Å². The van der Waals surface area contributed by atoms with Crippen molar-refractivity contribution in [2.45, 2.75) is 5.60 Å². The number of H-pyrrole nitrogens is 2. The minimum atomic E-state index is -1.06. The van der Waals surface area contributed by atoms with Crippen molar-refractivity contribution in [3.63, 3.8) is 0 Å². The Hall–Kier alpha value is -3.30. The maximum Gasteiger partial charge on any atom is 0.439 e. The van der Waals surface area contributed by atoms with Crippen LogP contribution in [0.3, 0.4) is 0 Å². The number of fused-ring (bicyclic) bond motifs is 1. The first-order valence-electron chi connectivity index (χ1n) is 8.43. The molecule has 1 fully saturated rings. The molecule has 28 heavy (non-hydrogen) atoms. The highest BCUT2D eigenvalue weighted by Crippen LogP contribution is 2.37. The second-order valence-corrected chi connectivity index (χ2v) is 6.72. The van der Waals surface area contributed by atoms with E-state index in [2.05, 4.69) is 19.6 Å². The molecule has 7 nitrogen and oxygen atoms in total. The molecule has 3 heterocycles. The monoisotopic (exact) mass is 385 g/mol. The molecular weight excluding hydrogens is 372 g/mol. The fourth-order valence-corrected chi connectivity index (χ4v) is 3.42. The number of nitrogens with zero attached hydrogens (tertiary/aromatic N) is 1. The summed E-state index contributed by atoms with van der Waals surface area (Å²) in [6, 6.07) is 7.51. The Morgan fingerprint density at radius 3 is 2.54 bits per heavy atom. The van der Waals surface area contributed by atoms with Gasteiger partial charge in [0.05, 0.1) is 24.3 Å². The number of hydrogen-bond acceptors (Lipinski definition) is 5. The van der Waals surface area contributed by atoms with Crippen LogP contribution in [-0.2, 0) is 10.3 Å². The summed E-state index contributed by atoms with van der Waals surface area (Å²) in [5.41, 5.74) is 0.110. The molecule has 0 radical (unpaired) electrons. The van der Waals surface area contributed by atoms with Crippen LogP contribution in [0.2, 0.25) is 0 Å². The van der Waals surface area contributed by atoms with Crippen molar-refractivity contribution < 1.29 is 23.1 Å². The van der Waals surface area contributed by atoms with Gasteiger partial charge in [0.2, 0.25) is 0 Å². The van der Waals surface area contributed by atoms with Crippen molar-refractivity contribution in [2.75, 3.05) is 13.2 Å². The predicted octanol–water partition coefficient (Wildman–Crippen LogP) is 2.67. The van der Waals surface area contributed by atoms with Gasteiger partial charge in [-0.2, -0.15) is 0 Å². The van der Waals surface area contributed by atoms with Gasteiger partial charge in [0.15, 0.2) is 5.82 Å². The molecule has 1 aliphatic heterocycles. The van der Waals surface area contributed by atoms with Crippen LogP contribution in [0, 0.1) is 11.6 Å². The number of nitrogens with one attached hydrogen (secondary N) is 2. The SMILES string of the molecule is O=c1[nH]c(-c2c[nH]c3cc(F)c(-c4ccc(C5(O)COC5)cc4)c(F)c23)no1. The number of ether oxygens (including phenoxy) is 1. The van der Waals surface area contributed by atoms with Crippen LogP contribution in [0.5, 0.6) is 0 Å². The number of halogens is 2. The number of aromatic amines is 2. The van der Waals surface area contributed by atoms with E-state index in [9.17, 15) is 14.3 Å². The van der Waals surface area contributed by atoms with Crippen LogP contribution in [-0.4, -0.2) is 33.4 Å². The van der Waals surface area contributed by atoms with Crippen molar-refractivity contribution in [3.05, 3.63) is 64.3 Å². The largest absolute Gasteiger partial charge is 0.439 e. The maximum absolute atomic E-state index is 15.3. The minimum Gasteiger partial charge on any atom is -0.380 e. The van der Waals surface area contributed by atoms with Gasteiger partial charge in [-0.25, -0.2) is 13.6 Å². The Balaban J connectivity index is 1.66. The molecule has 2 aromatic carbocycles. The molecule has 9 heteroatoms. The van der Waals surface area contributed by atoms with E-state index >= 15 is 4.39 Å². The molecule has 142 valence electrons. The lowest BCUT2D eigenvalue weighted by Gasteiger charge is -2.36. The number of aliphatic hydroxyl groups is 1. The highest BCUT2D eigenvalue weighted by Gasteiger charge is 2.37. The average Bonchev–Trinajstić information content (AvgIpc) is 3.26. The van der Waals surface area contributed by atoms with Crippen LogP contribution in [0.4, 0.5) is 8.78 Å². The first kappa shape index (κ1) is 16.8. The van der Waals surface area contributed by atoms with Gasteiger partial charge in [0.1, 0.15) is 17.2 Å². The van der Waals surface area contributed by atoms with E-state index in [4.69, 9.17) is 4.74 Å². The topological polar surface area (TPSA) is 104 Å². The smallest absolute Gasteiger partial charge is 0.380 e. The van der Waals surface area contributed by atoms with E-state index in [1.807, 2.05) is 0 Å². The Morgan fingerprint density at radius 2 is 1.93 bits per heavy atom. The second kappa shape index (κ2) is 5.85. The predicted molar refractivity (Wildman–Crippen MR) is 94.5 cm³/mol. The molecule has 2 aromatic heterocycles. The van der Waals surface area contributed by atoms with Crippen molar-refractivity contribution >= 4 is 10.9 Å². The van der Waals surface area contributed by atoms with E-state index in [0.717, 1.165) is 0 Å². The summed E-state index contributed by atoms with van der Waals surface area (Å²) in [5, 5.41) is 14.0. The Labute approximate surface area is 155 Å². The Morgan fingerprint density at radius 1 is 1.18 bits per heavy atom. The first-order valence-corrected chi connectivity index (χ1v) is 8.43. The summed E-state index contributed by atoms with van der Waals surface area (Å²) in [7, 11) is 0. The summed E-state index contributed by atoms with van der Waals surface area (Å²) in [4.78, 5) is 16.3. The fraction of sp³-hybridized carbons (Fsp3) is 0.158. The second-order valence-electron chi connectivity index (χ2n) is 6.72. The number of hydrogen-bond donors (Lipinski definition) is 3. The van der Waals surface area contributed by atoms with Crippen molar-refractivity contribution in [1.29, 1.82) is 0 Å². The van der Waals surface area contributed by atoms with Crippen LogP contribution in [0.15, 0.2) is 45.8 Å². The van der Waals surface area contributed by atoms with E-state index in [1.54, 1.807) is 24.3 Å². The highest BCUT2D eigenvalue weighted by molar-refractivity contribution is 5.97.